The SMILES string of the molecule is Cn1cnc(CCCN2C(=O)c3ccccc3C2=O)c1. The highest BCUT2D eigenvalue weighted by Gasteiger charge is 2.34. The molecule has 20 heavy (non-hydrogen) atoms. The van der Waals surface area contributed by atoms with E-state index in [9.17, 15) is 9.59 Å². The molecule has 0 fully saturated rings. The Hall–Kier alpha value is -2.43. The molecule has 0 spiro atoms. The van der Waals surface area contributed by atoms with Crippen LogP contribution in [0.2, 0.25) is 0 Å². The molecule has 0 saturated heterocycles. The second kappa shape index (κ2) is 4.92. The Morgan fingerprint density at radius 1 is 1.10 bits per heavy atom. The molecule has 0 N–H and O–H groups in total. The lowest BCUT2D eigenvalue weighted by atomic mass is 10.1. The monoisotopic (exact) mass is 269 g/mol. The van der Waals surface area contributed by atoms with Gasteiger partial charge in [0.05, 0.1) is 23.1 Å². The van der Waals surface area contributed by atoms with E-state index in [2.05, 4.69) is 4.98 Å². The third-order valence-corrected chi connectivity index (χ3v) is 3.45. The van der Waals surface area contributed by atoms with Gasteiger partial charge in [0.2, 0.25) is 0 Å². The molecule has 3 rings (SSSR count). The Labute approximate surface area is 116 Å². The molecule has 2 heterocycles. The molecule has 0 atom stereocenters. The van der Waals surface area contributed by atoms with Gasteiger partial charge >= 0.3 is 0 Å². The zero-order valence-electron chi connectivity index (χ0n) is 11.2. The Balaban J connectivity index is 1.65. The molecule has 0 unspecified atom stereocenters. The number of hydrogen-bond acceptors (Lipinski definition) is 3. The third-order valence-electron chi connectivity index (χ3n) is 3.45. The van der Waals surface area contributed by atoms with Gasteiger partial charge in [-0.05, 0) is 25.0 Å². The molecular weight excluding hydrogens is 254 g/mol. The summed E-state index contributed by atoms with van der Waals surface area (Å²) in [5.74, 6) is -0.377. The minimum Gasteiger partial charge on any atom is -0.340 e. The first-order chi connectivity index (χ1) is 9.66. The average molecular weight is 269 g/mol. The predicted octanol–water partition coefficient (Wildman–Crippen LogP) is 1.65. The number of benzene rings is 1. The number of rotatable bonds is 4. The molecular formula is C15H15N3O2. The van der Waals surface area contributed by atoms with Crippen molar-refractivity contribution in [2.75, 3.05) is 6.54 Å². The van der Waals surface area contributed by atoms with E-state index in [1.807, 2.05) is 17.8 Å². The van der Waals surface area contributed by atoms with Gasteiger partial charge in [-0.2, -0.15) is 0 Å². The van der Waals surface area contributed by atoms with E-state index < -0.39 is 0 Å². The highest BCUT2D eigenvalue weighted by atomic mass is 16.2. The van der Waals surface area contributed by atoms with Gasteiger partial charge in [0.1, 0.15) is 0 Å². The van der Waals surface area contributed by atoms with Gasteiger partial charge in [0.25, 0.3) is 11.8 Å². The van der Waals surface area contributed by atoms with E-state index in [1.54, 1.807) is 30.6 Å². The van der Waals surface area contributed by atoms with Gasteiger partial charge in [-0.25, -0.2) is 4.98 Å². The maximum Gasteiger partial charge on any atom is 0.261 e. The van der Waals surface area contributed by atoms with Gasteiger partial charge in [0.15, 0.2) is 0 Å². The van der Waals surface area contributed by atoms with Gasteiger partial charge in [-0.3, -0.25) is 14.5 Å². The Morgan fingerprint density at radius 2 is 1.75 bits per heavy atom. The molecule has 0 radical (unpaired) electrons. The molecule has 5 heteroatoms. The zero-order chi connectivity index (χ0) is 14.1. The van der Waals surface area contributed by atoms with Crippen molar-refractivity contribution in [3.05, 3.63) is 53.6 Å². The average Bonchev–Trinajstić information content (AvgIpc) is 2.97. The van der Waals surface area contributed by atoms with E-state index in [4.69, 9.17) is 0 Å². The van der Waals surface area contributed by atoms with Crippen molar-refractivity contribution in [1.82, 2.24) is 14.5 Å². The number of carbonyl (C=O) groups is 2. The molecule has 2 amide bonds. The van der Waals surface area contributed by atoms with Crippen LogP contribution >= 0.6 is 0 Å². The summed E-state index contributed by atoms with van der Waals surface area (Å²) in [5.41, 5.74) is 2.00. The number of amides is 2. The number of imide groups is 1. The van der Waals surface area contributed by atoms with Crippen molar-refractivity contribution in [3.8, 4) is 0 Å². The molecule has 1 aromatic heterocycles. The van der Waals surface area contributed by atoms with Gasteiger partial charge in [0, 0.05) is 19.8 Å². The fourth-order valence-electron chi connectivity index (χ4n) is 2.46. The van der Waals surface area contributed by atoms with E-state index in [1.165, 1.54) is 4.90 Å². The molecule has 0 aliphatic carbocycles. The van der Waals surface area contributed by atoms with Crippen LogP contribution in [0.1, 0.15) is 32.8 Å². The summed E-state index contributed by atoms with van der Waals surface area (Å²) >= 11 is 0. The van der Waals surface area contributed by atoms with Crippen LogP contribution in [-0.2, 0) is 13.5 Å². The highest BCUT2D eigenvalue weighted by molar-refractivity contribution is 6.21. The number of carbonyl (C=O) groups excluding carboxylic acids is 2. The Morgan fingerprint density at radius 3 is 2.30 bits per heavy atom. The smallest absolute Gasteiger partial charge is 0.261 e. The molecule has 1 aliphatic rings. The molecule has 1 aliphatic heterocycles. The Bertz CT molecular complexity index is 640. The maximum absolute atomic E-state index is 12.1. The largest absolute Gasteiger partial charge is 0.340 e. The highest BCUT2D eigenvalue weighted by Crippen LogP contribution is 2.22. The summed E-state index contributed by atoms with van der Waals surface area (Å²) in [5, 5.41) is 0. The van der Waals surface area contributed by atoms with Crippen LogP contribution in [-0.4, -0.2) is 32.8 Å². The lowest BCUT2D eigenvalue weighted by Crippen LogP contribution is -2.30. The van der Waals surface area contributed by atoms with Crippen LogP contribution in [0.25, 0.3) is 0 Å². The summed E-state index contributed by atoms with van der Waals surface area (Å²) in [6, 6.07) is 6.96. The van der Waals surface area contributed by atoms with Crippen LogP contribution < -0.4 is 0 Å². The lowest BCUT2D eigenvalue weighted by Gasteiger charge is -2.12. The standard InChI is InChI=1S/C15H15N3O2/c1-17-9-11(16-10-17)5-4-8-18-14(19)12-6-2-3-7-13(12)15(18)20/h2-3,6-7,9-10H,4-5,8H2,1H3. The van der Waals surface area contributed by atoms with Crippen LogP contribution in [0.5, 0.6) is 0 Å². The summed E-state index contributed by atoms with van der Waals surface area (Å²) in [6.45, 7) is 0.433. The number of hydrogen-bond donors (Lipinski definition) is 0. The first kappa shape index (κ1) is 12.6. The van der Waals surface area contributed by atoms with Crippen molar-refractivity contribution < 1.29 is 9.59 Å². The summed E-state index contributed by atoms with van der Waals surface area (Å²) in [6.07, 6.45) is 5.18. The maximum atomic E-state index is 12.1. The zero-order valence-corrected chi connectivity index (χ0v) is 11.2. The fourth-order valence-corrected chi connectivity index (χ4v) is 2.46. The minimum absolute atomic E-state index is 0.188. The van der Waals surface area contributed by atoms with Crippen molar-refractivity contribution in [1.29, 1.82) is 0 Å². The molecule has 0 bridgehead atoms. The normalized spacial score (nSPS) is 13.9. The van der Waals surface area contributed by atoms with Crippen molar-refractivity contribution in [2.24, 2.45) is 7.05 Å². The predicted molar refractivity (Wildman–Crippen MR) is 73.3 cm³/mol. The second-order valence-corrected chi connectivity index (χ2v) is 4.94. The quantitative estimate of drug-likeness (QED) is 0.793. The molecule has 2 aromatic rings. The van der Waals surface area contributed by atoms with Crippen LogP contribution in [0.4, 0.5) is 0 Å². The summed E-state index contributed by atoms with van der Waals surface area (Å²) in [7, 11) is 1.92. The van der Waals surface area contributed by atoms with E-state index in [0.717, 1.165) is 18.5 Å². The summed E-state index contributed by atoms with van der Waals surface area (Å²) < 4.78 is 1.89. The fraction of sp³-hybridized carbons (Fsp3) is 0.267. The molecule has 0 saturated carbocycles. The molecule has 1 aromatic carbocycles. The number of fused-ring (bicyclic) bond motifs is 1. The second-order valence-electron chi connectivity index (χ2n) is 4.94. The van der Waals surface area contributed by atoms with Crippen molar-refractivity contribution in [2.45, 2.75) is 12.8 Å². The van der Waals surface area contributed by atoms with E-state index in [-0.39, 0.29) is 11.8 Å². The van der Waals surface area contributed by atoms with Gasteiger partial charge < -0.3 is 4.57 Å². The number of imidazole rings is 1. The number of aromatic nitrogens is 2. The van der Waals surface area contributed by atoms with Crippen molar-refractivity contribution in [3.63, 3.8) is 0 Å². The third kappa shape index (κ3) is 2.11. The molecule has 5 nitrogen and oxygen atoms in total. The van der Waals surface area contributed by atoms with Crippen LogP contribution in [0, 0.1) is 0 Å². The number of aryl methyl sites for hydroxylation is 2. The lowest BCUT2D eigenvalue weighted by molar-refractivity contribution is 0.0652. The van der Waals surface area contributed by atoms with Crippen LogP contribution in [0.3, 0.4) is 0 Å². The minimum atomic E-state index is -0.188. The van der Waals surface area contributed by atoms with Gasteiger partial charge in [-0.15, -0.1) is 0 Å². The van der Waals surface area contributed by atoms with Gasteiger partial charge in [-0.1, -0.05) is 12.1 Å². The topological polar surface area (TPSA) is 55.2 Å². The first-order valence-corrected chi connectivity index (χ1v) is 6.59. The first-order valence-electron chi connectivity index (χ1n) is 6.59. The van der Waals surface area contributed by atoms with E-state index in [0.29, 0.717) is 17.7 Å². The van der Waals surface area contributed by atoms with Crippen molar-refractivity contribution >= 4 is 11.8 Å². The molecule has 102 valence electrons. The Kier molecular flexibility index (Phi) is 3.10. The van der Waals surface area contributed by atoms with E-state index >= 15 is 0 Å². The summed E-state index contributed by atoms with van der Waals surface area (Å²) in [4.78, 5) is 29.8. The number of nitrogens with zero attached hydrogens (tertiary/aromatic N) is 3. The van der Waals surface area contributed by atoms with Crippen LogP contribution in [0.15, 0.2) is 36.8 Å².